The molecule has 0 saturated heterocycles. The highest BCUT2D eigenvalue weighted by molar-refractivity contribution is 6.30. The van der Waals surface area contributed by atoms with Crippen LogP contribution in [0, 0.1) is 0 Å². The molecule has 0 bridgehead atoms. The van der Waals surface area contributed by atoms with E-state index in [0.29, 0.717) is 24.7 Å². The standard InChI is InChI=1S/C20H25ClN2O3/c1-23(13-16-12-17(21)8-9-19(16)26-3)14-20(24)22-11-10-15-6-4-5-7-18(15)25-2/h4-9,12H,10-11,13-14H2,1-3H3,(H,22,24). The molecule has 0 atom stereocenters. The topological polar surface area (TPSA) is 50.8 Å². The zero-order valence-electron chi connectivity index (χ0n) is 15.4. The number of methoxy groups -OCH3 is 2. The monoisotopic (exact) mass is 376 g/mol. The molecule has 1 amide bonds. The SMILES string of the molecule is COc1ccccc1CCNC(=O)CN(C)Cc1cc(Cl)ccc1OC. The number of nitrogens with one attached hydrogen (secondary N) is 1. The Kier molecular flexibility index (Phi) is 7.75. The van der Waals surface area contributed by atoms with E-state index >= 15 is 0 Å². The summed E-state index contributed by atoms with van der Waals surface area (Å²) >= 11 is 6.05. The van der Waals surface area contributed by atoms with Crippen molar-refractivity contribution in [2.24, 2.45) is 0 Å². The second kappa shape index (κ2) is 10.0. The van der Waals surface area contributed by atoms with E-state index in [1.807, 2.05) is 48.3 Å². The van der Waals surface area contributed by atoms with Crippen LogP contribution in [0.4, 0.5) is 0 Å². The van der Waals surface area contributed by atoms with Crippen LogP contribution in [0.1, 0.15) is 11.1 Å². The quantitative estimate of drug-likeness (QED) is 0.730. The average molecular weight is 377 g/mol. The van der Waals surface area contributed by atoms with Gasteiger partial charge in [-0.1, -0.05) is 29.8 Å². The molecule has 0 aliphatic carbocycles. The van der Waals surface area contributed by atoms with Crippen molar-refractivity contribution in [1.29, 1.82) is 0 Å². The number of carbonyl (C=O) groups excluding carboxylic acids is 1. The van der Waals surface area contributed by atoms with Crippen LogP contribution < -0.4 is 14.8 Å². The van der Waals surface area contributed by atoms with E-state index in [-0.39, 0.29) is 5.91 Å². The van der Waals surface area contributed by atoms with Crippen molar-refractivity contribution in [3.8, 4) is 11.5 Å². The molecule has 2 rings (SSSR count). The second-order valence-corrected chi connectivity index (χ2v) is 6.48. The van der Waals surface area contributed by atoms with Crippen LogP contribution >= 0.6 is 11.6 Å². The fourth-order valence-corrected chi connectivity index (χ4v) is 2.96. The van der Waals surface area contributed by atoms with E-state index in [2.05, 4.69) is 5.32 Å². The Morgan fingerprint density at radius 3 is 2.50 bits per heavy atom. The first kappa shape index (κ1) is 20.1. The van der Waals surface area contributed by atoms with E-state index in [1.165, 1.54) is 0 Å². The first-order chi connectivity index (χ1) is 12.5. The summed E-state index contributed by atoms with van der Waals surface area (Å²) < 4.78 is 10.7. The summed E-state index contributed by atoms with van der Waals surface area (Å²) in [5.74, 6) is 1.58. The number of amides is 1. The third-order valence-electron chi connectivity index (χ3n) is 4.01. The summed E-state index contributed by atoms with van der Waals surface area (Å²) in [6, 6.07) is 13.3. The van der Waals surface area contributed by atoms with Crippen LogP contribution in [-0.4, -0.2) is 45.2 Å². The van der Waals surface area contributed by atoms with E-state index in [9.17, 15) is 4.79 Å². The van der Waals surface area contributed by atoms with Gasteiger partial charge < -0.3 is 14.8 Å². The van der Waals surface area contributed by atoms with Gasteiger partial charge in [-0.15, -0.1) is 0 Å². The van der Waals surface area contributed by atoms with Gasteiger partial charge in [0.25, 0.3) is 0 Å². The minimum absolute atomic E-state index is 0.0246. The molecule has 0 aliphatic heterocycles. The molecule has 0 aromatic heterocycles. The number of halogens is 1. The van der Waals surface area contributed by atoms with Crippen LogP contribution in [-0.2, 0) is 17.8 Å². The zero-order chi connectivity index (χ0) is 18.9. The summed E-state index contributed by atoms with van der Waals surface area (Å²) in [7, 11) is 5.16. The molecule has 0 fully saturated rings. The normalized spacial score (nSPS) is 10.7. The molecule has 6 heteroatoms. The van der Waals surface area contributed by atoms with Gasteiger partial charge in [0.2, 0.25) is 5.91 Å². The van der Waals surface area contributed by atoms with E-state index < -0.39 is 0 Å². The van der Waals surface area contributed by atoms with Crippen molar-refractivity contribution in [3.63, 3.8) is 0 Å². The third-order valence-corrected chi connectivity index (χ3v) is 4.24. The van der Waals surface area contributed by atoms with Crippen molar-refractivity contribution >= 4 is 17.5 Å². The number of likely N-dealkylation sites (N-methyl/N-ethyl adjacent to an activating group) is 1. The number of nitrogens with zero attached hydrogens (tertiary/aromatic N) is 1. The lowest BCUT2D eigenvalue weighted by Crippen LogP contribution is -2.35. The van der Waals surface area contributed by atoms with Gasteiger partial charge in [-0.2, -0.15) is 0 Å². The van der Waals surface area contributed by atoms with Gasteiger partial charge in [-0.25, -0.2) is 0 Å². The third kappa shape index (κ3) is 5.93. The molecule has 5 nitrogen and oxygen atoms in total. The summed E-state index contributed by atoms with van der Waals surface area (Å²) in [5, 5.41) is 3.59. The number of para-hydroxylation sites is 1. The number of hydrogen-bond donors (Lipinski definition) is 1. The number of benzene rings is 2. The van der Waals surface area contributed by atoms with Crippen molar-refractivity contribution in [1.82, 2.24) is 10.2 Å². The zero-order valence-corrected chi connectivity index (χ0v) is 16.2. The number of carbonyl (C=O) groups is 1. The van der Waals surface area contributed by atoms with E-state index in [4.69, 9.17) is 21.1 Å². The maximum atomic E-state index is 12.2. The highest BCUT2D eigenvalue weighted by Gasteiger charge is 2.11. The van der Waals surface area contributed by atoms with Crippen LogP contribution in [0.15, 0.2) is 42.5 Å². The predicted molar refractivity (Wildman–Crippen MR) is 104 cm³/mol. The molecule has 26 heavy (non-hydrogen) atoms. The smallest absolute Gasteiger partial charge is 0.234 e. The first-order valence-corrected chi connectivity index (χ1v) is 8.81. The lowest BCUT2D eigenvalue weighted by Gasteiger charge is -2.18. The molecule has 0 heterocycles. The lowest BCUT2D eigenvalue weighted by atomic mass is 10.1. The summed E-state index contributed by atoms with van der Waals surface area (Å²) in [6.45, 7) is 1.43. The molecular weight excluding hydrogens is 352 g/mol. The second-order valence-electron chi connectivity index (χ2n) is 6.04. The van der Waals surface area contributed by atoms with Crippen LogP contribution in [0.2, 0.25) is 5.02 Å². The van der Waals surface area contributed by atoms with Gasteiger partial charge in [0.15, 0.2) is 0 Å². The van der Waals surface area contributed by atoms with Crippen molar-refractivity contribution in [3.05, 3.63) is 58.6 Å². The Morgan fingerprint density at radius 1 is 1.08 bits per heavy atom. The van der Waals surface area contributed by atoms with Gasteiger partial charge in [0.05, 0.1) is 20.8 Å². The molecule has 140 valence electrons. The minimum atomic E-state index is -0.0246. The Morgan fingerprint density at radius 2 is 1.77 bits per heavy atom. The molecule has 0 unspecified atom stereocenters. The Labute approximate surface area is 159 Å². The molecule has 0 aliphatic rings. The molecular formula is C20H25ClN2O3. The maximum Gasteiger partial charge on any atom is 0.234 e. The summed E-state index contributed by atoms with van der Waals surface area (Å²) in [5.41, 5.74) is 2.02. The highest BCUT2D eigenvalue weighted by atomic mass is 35.5. The maximum absolute atomic E-state index is 12.2. The largest absolute Gasteiger partial charge is 0.496 e. The van der Waals surface area contributed by atoms with Crippen LogP contribution in [0.5, 0.6) is 11.5 Å². The summed E-state index contributed by atoms with van der Waals surface area (Å²) in [6.07, 6.45) is 0.724. The van der Waals surface area contributed by atoms with Crippen LogP contribution in [0.25, 0.3) is 0 Å². The lowest BCUT2D eigenvalue weighted by molar-refractivity contribution is -0.122. The fourth-order valence-electron chi connectivity index (χ4n) is 2.76. The van der Waals surface area contributed by atoms with Gasteiger partial charge in [-0.3, -0.25) is 9.69 Å². The number of hydrogen-bond acceptors (Lipinski definition) is 4. The average Bonchev–Trinajstić information content (AvgIpc) is 2.62. The van der Waals surface area contributed by atoms with Gasteiger partial charge in [0.1, 0.15) is 11.5 Å². The molecule has 2 aromatic rings. The number of ether oxygens (including phenoxy) is 2. The van der Waals surface area contributed by atoms with E-state index in [1.54, 1.807) is 20.3 Å². The predicted octanol–water partition coefficient (Wildman–Crippen LogP) is 3.15. The fraction of sp³-hybridized carbons (Fsp3) is 0.350. The Bertz CT molecular complexity index is 737. The van der Waals surface area contributed by atoms with Gasteiger partial charge in [-0.05, 0) is 43.3 Å². The van der Waals surface area contributed by atoms with Crippen molar-refractivity contribution in [2.45, 2.75) is 13.0 Å². The Hall–Kier alpha value is -2.24. The first-order valence-electron chi connectivity index (χ1n) is 8.43. The number of rotatable bonds is 9. The van der Waals surface area contributed by atoms with Crippen LogP contribution in [0.3, 0.4) is 0 Å². The van der Waals surface area contributed by atoms with Crippen molar-refractivity contribution in [2.75, 3.05) is 34.4 Å². The minimum Gasteiger partial charge on any atom is -0.496 e. The molecule has 2 aromatic carbocycles. The van der Waals surface area contributed by atoms with Gasteiger partial charge in [0, 0.05) is 23.7 Å². The molecule has 0 radical (unpaired) electrons. The summed E-state index contributed by atoms with van der Waals surface area (Å²) in [4.78, 5) is 14.1. The van der Waals surface area contributed by atoms with Crippen molar-refractivity contribution < 1.29 is 14.3 Å². The van der Waals surface area contributed by atoms with E-state index in [0.717, 1.165) is 29.0 Å². The highest BCUT2D eigenvalue weighted by Crippen LogP contribution is 2.23. The molecule has 0 spiro atoms. The Balaban J connectivity index is 1.81. The molecule has 1 N–H and O–H groups in total. The molecule has 0 saturated carbocycles. The van der Waals surface area contributed by atoms with Gasteiger partial charge >= 0.3 is 0 Å².